The van der Waals surface area contributed by atoms with E-state index in [4.69, 9.17) is 4.98 Å². The van der Waals surface area contributed by atoms with Crippen molar-refractivity contribution < 1.29 is 19.8 Å². The lowest BCUT2D eigenvalue weighted by molar-refractivity contribution is -0.122. The Bertz CT molecular complexity index is 1120. The zero-order valence-electron chi connectivity index (χ0n) is 18.2. The lowest BCUT2D eigenvalue weighted by Gasteiger charge is -2.33. The summed E-state index contributed by atoms with van der Waals surface area (Å²) in [7, 11) is 0. The van der Waals surface area contributed by atoms with E-state index in [0.29, 0.717) is 25.1 Å². The highest BCUT2D eigenvalue weighted by molar-refractivity contribution is 5.95. The summed E-state index contributed by atoms with van der Waals surface area (Å²) in [5, 5.41) is 26.0. The van der Waals surface area contributed by atoms with Gasteiger partial charge in [0.1, 0.15) is 12.4 Å². The van der Waals surface area contributed by atoms with Crippen molar-refractivity contribution in [3.05, 3.63) is 42.0 Å². The van der Waals surface area contributed by atoms with E-state index >= 15 is 0 Å². The Balaban J connectivity index is 1.75. The molecule has 0 saturated heterocycles. The summed E-state index contributed by atoms with van der Waals surface area (Å²) >= 11 is 0. The lowest BCUT2D eigenvalue weighted by Crippen LogP contribution is -2.41. The summed E-state index contributed by atoms with van der Waals surface area (Å²) in [4.78, 5) is 30.7. The fraction of sp³-hybridized carbons (Fsp3) is 0.455. The first-order valence-electron chi connectivity index (χ1n) is 10.8. The van der Waals surface area contributed by atoms with Crippen LogP contribution in [0.15, 0.2) is 30.6 Å². The van der Waals surface area contributed by atoms with Crippen LogP contribution in [0.25, 0.3) is 11.0 Å². The monoisotopic (exact) mass is 440 g/mol. The van der Waals surface area contributed by atoms with Gasteiger partial charge in [-0.3, -0.25) is 14.4 Å². The summed E-state index contributed by atoms with van der Waals surface area (Å²) in [5.74, 6) is 0.515. The van der Waals surface area contributed by atoms with Crippen molar-refractivity contribution in [2.24, 2.45) is 0 Å². The van der Waals surface area contributed by atoms with E-state index in [1.807, 2.05) is 35.9 Å². The molecule has 32 heavy (non-hydrogen) atoms. The Kier molecular flexibility index (Phi) is 6.13. The third kappa shape index (κ3) is 4.18. The van der Waals surface area contributed by atoms with Crippen molar-refractivity contribution in [1.82, 2.24) is 24.6 Å². The van der Waals surface area contributed by atoms with Gasteiger partial charge in [-0.15, -0.1) is 0 Å². The number of aliphatic hydroxyl groups is 1. The molecule has 4 rings (SSSR count). The molecule has 0 radical (unpaired) electrons. The highest BCUT2D eigenvalue weighted by Crippen LogP contribution is 2.36. The first-order chi connectivity index (χ1) is 15.4. The van der Waals surface area contributed by atoms with Crippen LogP contribution in [0.3, 0.4) is 0 Å². The normalized spacial score (nSPS) is 16.7. The Morgan fingerprint density at radius 3 is 2.84 bits per heavy atom. The van der Waals surface area contributed by atoms with Crippen LogP contribution < -0.4 is 10.2 Å². The number of aryl methyl sites for hydroxylation is 3. The molecule has 2 atom stereocenters. The average molecular weight is 441 g/mol. The second-order valence-electron chi connectivity index (χ2n) is 8.26. The Morgan fingerprint density at radius 1 is 1.34 bits per heavy atom. The van der Waals surface area contributed by atoms with Crippen molar-refractivity contribution >= 4 is 28.7 Å². The molecule has 0 aliphatic carbocycles. The van der Waals surface area contributed by atoms with E-state index in [9.17, 15) is 19.8 Å². The van der Waals surface area contributed by atoms with E-state index in [1.165, 1.54) is 4.90 Å². The second kappa shape index (κ2) is 8.99. The van der Waals surface area contributed by atoms with Crippen LogP contribution in [0.4, 0.5) is 10.5 Å². The molecule has 0 spiro atoms. The SMILES string of the molecule is C[C@H](CO)NC(=O)Cn1c(CCn2cccn2)nc2c3c(ccc21)N(C(=O)O)[C@@H](C)CC3. The topological polar surface area (TPSA) is 126 Å². The number of anilines is 1. The van der Waals surface area contributed by atoms with Gasteiger partial charge in [-0.2, -0.15) is 5.10 Å². The van der Waals surface area contributed by atoms with Crippen LogP contribution in [0.5, 0.6) is 0 Å². The molecule has 10 heteroatoms. The van der Waals surface area contributed by atoms with Crippen molar-refractivity contribution in [2.45, 2.75) is 58.3 Å². The van der Waals surface area contributed by atoms with Gasteiger partial charge in [-0.25, -0.2) is 9.78 Å². The van der Waals surface area contributed by atoms with Gasteiger partial charge in [0.2, 0.25) is 5.91 Å². The van der Waals surface area contributed by atoms with Crippen LogP contribution in [0.1, 0.15) is 31.7 Å². The minimum Gasteiger partial charge on any atom is -0.465 e. The number of hydrogen-bond donors (Lipinski definition) is 3. The predicted octanol–water partition coefficient (Wildman–Crippen LogP) is 1.79. The van der Waals surface area contributed by atoms with Gasteiger partial charge in [0.25, 0.3) is 0 Å². The lowest BCUT2D eigenvalue weighted by atomic mass is 9.96. The maximum absolute atomic E-state index is 12.6. The first kappa shape index (κ1) is 21.8. The van der Waals surface area contributed by atoms with Crippen LogP contribution in [0.2, 0.25) is 0 Å². The van der Waals surface area contributed by atoms with Crippen LogP contribution in [-0.4, -0.2) is 60.2 Å². The summed E-state index contributed by atoms with van der Waals surface area (Å²) in [5.41, 5.74) is 3.08. The number of hydrogen-bond acceptors (Lipinski definition) is 5. The number of aliphatic hydroxyl groups excluding tert-OH is 1. The minimum absolute atomic E-state index is 0.0626. The zero-order valence-corrected chi connectivity index (χ0v) is 18.2. The number of carboxylic acid groups (broad SMARTS) is 1. The highest BCUT2D eigenvalue weighted by Gasteiger charge is 2.30. The van der Waals surface area contributed by atoms with Gasteiger partial charge in [0, 0.05) is 43.0 Å². The van der Waals surface area contributed by atoms with Gasteiger partial charge in [-0.1, -0.05) is 0 Å². The third-order valence-corrected chi connectivity index (χ3v) is 5.91. The standard InChI is InChI=1S/C22H28N6O4/c1-14(13-29)24-20(30)12-27-18-7-6-17-16(5-4-15(2)28(17)22(31)32)21(18)25-19(27)8-11-26-10-3-9-23-26/h3,6-7,9-10,14-15,29H,4-5,8,11-13H2,1-2H3,(H,24,30)(H,31,32)/t14-,15+/m1/s1. The number of rotatable bonds is 7. The fourth-order valence-corrected chi connectivity index (χ4v) is 4.29. The predicted molar refractivity (Wildman–Crippen MR) is 119 cm³/mol. The molecule has 3 heterocycles. The Labute approximate surface area is 185 Å². The Morgan fingerprint density at radius 2 is 2.16 bits per heavy atom. The number of amides is 2. The molecular weight excluding hydrogens is 412 g/mol. The number of carbonyl (C=O) groups excluding carboxylic acids is 1. The van der Waals surface area contributed by atoms with Crippen molar-refractivity contribution in [2.75, 3.05) is 11.5 Å². The molecule has 0 unspecified atom stereocenters. The van der Waals surface area contributed by atoms with E-state index < -0.39 is 6.09 Å². The van der Waals surface area contributed by atoms with Gasteiger partial charge in [0.15, 0.2) is 0 Å². The number of nitrogens with zero attached hydrogens (tertiary/aromatic N) is 5. The molecule has 0 bridgehead atoms. The van der Waals surface area contributed by atoms with Gasteiger partial charge in [0.05, 0.1) is 23.3 Å². The molecular formula is C22H28N6O4. The summed E-state index contributed by atoms with van der Waals surface area (Å²) in [6.07, 6.45) is 4.60. The summed E-state index contributed by atoms with van der Waals surface area (Å²) < 4.78 is 3.68. The zero-order chi connectivity index (χ0) is 22.8. The van der Waals surface area contributed by atoms with E-state index in [0.717, 1.165) is 28.8 Å². The smallest absolute Gasteiger partial charge is 0.412 e. The van der Waals surface area contributed by atoms with Crippen molar-refractivity contribution in [3.63, 3.8) is 0 Å². The second-order valence-corrected chi connectivity index (χ2v) is 8.26. The molecule has 0 fully saturated rings. The van der Waals surface area contributed by atoms with E-state index in [2.05, 4.69) is 10.4 Å². The minimum atomic E-state index is -0.978. The van der Waals surface area contributed by atoms with Crippen LogP contribution >= 0.6 is 0 Å². The molecule has 1 aliphatic heterocycles. The molecule has 1 aromatic carbocycles. The average Bonchev–Trinajstić information content (AvgIpc) is 3.39. The molecule has 0 saturated carbocycles. The third-order valence-electron chi connectivity index (χ3n) is 5.91. The molecule has 1 aliphatic rings. The first-order valence-corrected chi connectivity index (χ1v) is 10.8. The largest absolute Gasteiger partial charge is 0.465 e. The van der Waals surface area contributed by atoms with Crippen LogP contribution in [0, 0.1) is 0 Å². The summed E-state index contributed by atoms with van der Waals surface area (Å²) in [6, 6.07) is 5.05. The maximum atomic E-state index is 12.6. The molecule has 2 amide bonds. The number of benzene rings is 1. The number of fused-ring (bicyclic) bond motifs is 3. The molecule has 3 N–H and O–H groups in total. The van der Waals surface area contributed by atoms with Crippen LogP contribution in [-0.2, 0) is 30.7 Å². The quantitative estimate of drug-likeness (QED) is 0.514. The molecule has 2 aromatic heterocycles. The highest BCUT2D eigenvalue weighted by atomic mass is 16.4. The number of carbonyl (C=O) groups is 2. The number of imidazole rings is 1. The maximum Gasteiger partial charge on any atom is 0.412 e. The van der Waals surface area contributed by atoms with Gasteiger partial charge in [-0.05, 0) is 44.9 Å². The molecule has 10 nitrogen and oxygen atoms in total. The van der Waals surface area contributed by atoms with Gasteiger partial charge >= 0.3 is 6.09 Å². The number of aromatic nitrogens is 4. The Hall–Kier alpha value is -3.40. The molecule has 3 aromatic rings. The fourth-order valence-electron chi connectivity index (χ4n) is 4.29. The summed E-state index contributed by atoms with van der Waals surface area (Å²) in [6.45, 7) is 4.17. The van der Waals surface area contributed by atoms with E-state index in [-0.39, 0.29) is 31.1 Å². The van der Waals surface area contributed by atoms with Crippen molar-refractivity contribution in [3.8, 4) is 0 Å². The molecule has 170 valence electrons. The van der Waals surface area contributed by atoms with Crippen molar-refractivity contribution in [1.29, 1.82) is 0 Å². The van der Waals surface area contributed by atoms with E-state index in [1.54, 1.807) is 17.8 Å². The number of nitrogens with one attached hydrogen (secondary N) is 1. The van der Waals surface area contributed by atoms with Gasteiger partial charge < -0.3 is 20.1 Å².